The summed E-state index contributed by atoms with van der Waals surface area (Å²) in [5, 5.41) is 10.1. The van der Waals surface area contributed by atoms with Gasteiger partial charge in [0.25, 0.3) is 5.24 Å². The molecule has 0 unspecified atom stereocenters. The standard InChI is InChI=1S/C17H13N3OS2/c1-20(2)17(21)22-14-8-7-13-10-19-23-16(13)15(14)12-5-3-11(9-18)4-6-12/h3-8,10H,1-2H3/p+1. The largest absolute Gasteiger partial charge is 0.339 e. The van der Waals surface area contributed by atoms with Crippen LogP contribution in [0, 0.1) is 11.3 Å². The number of nitriles is 1. The molecule has 2 aromatic carbocycles. The number of aromatic amines is 1. The average molecular weight is 340 g/mol. The predicted octanol–water partition coefficient (Wildman–Crippen LogP) is 4.03. The third-order valence-corrected chi connectivity index (χ3v) is 5.37. The monoisotopic (exact) mass is 340 g/mol. The third-order valence-electron chi connectivity index (χ3n) is 3.39. The quantitative estimate of drug-likeness (QED) is 0.662. The van der Waals surface area contributed by atoms with Crippen molar-refractivity contribution in [3.63, 3.8) is 0 Å². The van der Waals surface area contributed by atoms with Gasteiger partial charge in [0.1, 0.15) is 16.2 Å². The molecule has 0 bridgehead atoms. The number of H-pyrrole nitrogens is 1. The normalized spacial score (nSPS) is 10.5. The lowest BCUT2D eigenvalue weighted by molar-refractivity contribution is -0.287. The topological polar surface area (TPSA) is 58.2 Å². The highest BCUT2D eigenvalue weighted by molar-refractivity contribution is 8.13. The molecule has 0 saturated heterocycles. The number of carbonyl (C=O) groups is 1. The summed E-state index contributed by atoms with van der Waals surface area (Å²) in [7, 11) is 3.49. The fourth-order valence-corrected chi connectivity index (χ4v) is 3.98. The first-order valence-electron chi connectivity index (χ1n) is 6.92. The van der Waals surface area contributed by atoms with Gasteiger partial charge in [0.2, 0.25) is 0 Å². The van der Waals surface area contributed by atoms with Gasteiger partial charge in [-0.15, -0.1) is 0 Å². The lowest BCUT2D eigenvalue weighted by Gasteiger charge is -2.13. The molecule has 0 spiro atoms. The van der Waals surface area contributed by atoms with Crippen LogP contribution in [0.2, 0.25) is 0 Å². The van der Waals surface area contributed by atoms with Crippen molar-refractivity contribution in [2.45, 2.75) is 4.90 Å². The van der Waals surface area contributed by atoms with Crippen molar-refractivity contribution in [1.82, 2.24) is 4.90 Å². The highest BCUT2D eigenvalue weighted by Gasteiger charge is 2.18. The summed E-state index contributed by atoms with van der Waals surface area (Å²) in [5.74, 6) is 0. The van der Waals surface area contributed by atoms with Crippen LogP contribution in [-0.2, 0) is 0 Å². The molecule has 0 saturated carbocycles. The second kappa shape index (κ2) is 6.41. The molecule has 0 aliphatic heterocycles. The lowest BCUT2D eigenvalue weighted by Crippen LogP contribution is -2.16. The van der Waals surface area contributed by atoms with Crippen LogP contribution < -0.4 is 4.37 Å². The lowest BCUT2D eigenvalue weighted by atomic mass is 10.0. The zero-order chi connectivity index (χ0) is 16.4. The molecule has 3 rings (SSSR count). The zero-order valence-electron chi connectivity index (χ0n) is 12.7. The summed E-state index contributed by atoms with van der Waals surface area (Å²) in [6.45, 7) is 0. The van der Waals surface area contributed by atoms with Crippen LogP contribution in [-0.4, -0.2) is 24.2 Å². The Morgan fingerprint density at radius 3 is 2.61 bits per heavy atom. The van der Waals surface area contributed by atoms with Crippen LogP contribution >= 0.6 is 23.3 Å². The van der Waals surface area contributed by atoms with Crippen molar-refractivity contribution >= 4 is 38.6 Å². The maximum Gasteiger partial charge on any atom is 0.285 e. The molecule has 4 nitrogen and oxygen atoms in total. The fraction of sp³-hybridized carbons (Fsp3) is 0.118. The Morgan fingerprint density at radius 1 is 1.22 bits per heavy atom. The molecule has 114 valence electrons. The maximum absolute atomic E-state index is 12.1. The second-order valence-corrected chi connectivity index (χ2v) is 7.01. The Morgan fingerprint density at radius 2 is 1.96 bits per heavy atom. The van der Waals surface area contributed by atoms with Gasteiger partial charge in [-0.1, -0.05) is 12.1 Å². The zero-order valence-corrected chi connectivity index (χ0v) is 14.3. The van der Waals surface area contributed by atoms with E-state index in [1.807, 2.05) is 30.5 Å². The average Bonchev–Trinajstić information content (AvgIpc) is 3.03. The minimum Gasteiger partial charge on any atom is -0.339 e. The van der Waals surface area contributed by atoms with Gasteiger partial charge in [0.05, 0.1) is 17.0 Å². The van der Waals surface area contributed by atoms with E-state index >= 15 is 0 Å². The van der Waals surface area contributed by atoms with Gasteiger partial charge in [0.15, 0.2) is 6.20 Å². The molecular formula is C17H14N3OS2+. The first-order chi connectivity index (χ1) is 11.1. The number of amides is 1. The highest BCUT2D eigenvalue weighted by Crippen LogP contribution is 2.39. The van der Waals surface area contributed by atoms with E-state index in [1.54, 1.807) is 42.7 Å². The summed E-state index contributed by atoms with van der Waals surface area (Å²) in [4.78, 5) is 14.6. The van der Waals surface area contributed by atoms with E-state index in [9.17, 15) is 4.79 Å². The number of fused-ring (bicyclic) bond motifs is 1. The summed E-state index contributed by atoms with van der Waals surface area (Å²) in [6, 6.07) is 13.6. The first kappa shape index (κ1) is 15.5. The highest BCUT2D eigenvalue weighted by atomic mass is 32.2. The Kier molecular flexibility index (Phi) is 4.33. The number of carbonyl (C=O) groups excluding carboxylic acids is 1. The van der Waals surface area contributed by atoms with E-state index in [-0.39, 0.29) is 5.24 Å². The third kappa shape index (κ3) is 3.07. The summed E-state index contributed by atoms with van der Waals surface area (Å²) in [5.41, 5.74) is 2.65. The van der Waals surface area contributed by atoms with E-state index in [0.29, 0.717) is 5.56 Å². The number of hydrogen-bond donors (Lipinski definition) is 0. The Hall–Kier alpha value is -2.36. The molecule has 1 N–H and O–H groups in total. The number of thioether (sulfide) groups is 1. The molecule has 1 aromatic heterocycles. The van der Waals surface area contributed by atoms with Gasteiger partial charge in [-0.05, 0) is 41.6 Å². The molecule has 6 heteroatoms. The summed E-state index contributed by atoms with van der Waals surface area (Å²) in [6.07, 6.45) is 1.95. The van der Waals surface area contributed by atoms with E-state index in [0.717, 1.165) is 26.1 Å². The molecule has 0 aliphatic rings. The molecule has 0 radical (unpaired) electrons. The van der Waals surface area contributed by atoms with Crippen molar-refractivity contribution in [3.8, 4) is 17.2 Å². The fourth-order valence-electron chi connectivity index (χ4n) is 2.21. The van der Waals surface area contributed by atoms with Crippen molar-refractivity contribution in [2.75, 3.05) is 14.1 Å². The van der Waals surface area contributed by atoms with Crippen LogP contribution in [0.25, 0.3) is 21.2 Å². The van der Waals surface area contributed by atoms with Gasteiger partial charge >= 0.3 is 0 Å². The smallest absolute Gasteiger partial charge is 0.285 e. The molecule has 1 amide bonds. The predicted molar refractivity (Wildman–Crippen MR) is 93.5 cm³/mol. The van der Waals surface area contributed by atoms with Gasteiger partial charge in [-0.25, -0.2) is 0 Å². The maximum atomic E-state index is 12.1. The number of benzene rings is 2. The molecule has 1 heterocycles. The number of nitrogens with zero attached hydrogens (tertiary/aromatic N) is 2. The number of aromatic nitrogens is 1. The molecular weight excluding hydrogens is 326 g/mol. The Bertz CT molecular complexity index is 908. The van der Waals surface area contributed by atoms with Gasteiger partial charge < -0.3 is 4.90 Å². The Balaban J connectivity index is 2.16. The first-order valence-corrected chi connectivity index (χ1v) is 8.55. The minimum absolute atomic E-state index is 0.0141. The van der Waals surface area contributed by atoms with Crippen molar-refractivity contribution in [3.05, 3.63) is 48.2 Å². The van der Waals surface area contributed by atoms with E-state index in [1.165, 1.54) is 11.8 Å². The molecule has 3 aromatic rings. The van der Waals surface area contributed by atoms with Crippen LogP contribution in [0.3, 0.4) is 0 Å². The number of rotatable bonds is 2. The van der Waals surface area contributed by atoms with Crippen LogP contribution in [0.1, 0.15) is 5.56 Å². The molecule has 0 fully saturated rings. The SMILES string of the molecule is CN(C)C(=O)Sc1ccc2c[nH+]sc2c1-c1ccc(C#N)cc1. The molecule has 0 aliphatic carbocycles. The van der Waals surface area contributed by atoms with Crippen molar-refractivity contribution in [1.29, 1.82) is 5.26 Å². The van der Waals surface area contributed by atoms with Crippen LogP contribution in [0.5, 0.6) is 0 Å². The summed E-state index contributed by atoms with van der Waals surface area (Å²) < 4.78 is 4.26. The number of hydrogen-bond acceptors (Lipinski definition) is 4. The van der Waals surface area contributed by atoms with E-state index in [2.05, 4.69) is 10.4 Å². The van der Waals surface area contributed by atoms with E-state index in [4.69, 9.17) is 5.26 Å². The van der Waals surface area contributed by atoms with Gasteiger partial charge in [-0.2, -0.15) is 9.64 Å². The second-order valence-electron chi connectivity index (χ2n) is 5.17. The van der Waals surface area contributed by atoms with Crippen molar-refractivity contribution < 1.29 is 9.17 Å². The van der Waals surface area contributed by atoms with Crippen LogP contribution in [0.4, 0.5) is 4.79 Å². The van der Waals surface area contributed by atoms with Crippen LogP contribution in [0.15, 0.2) is 47.5 Å². The Labute approximate surface area is 142 Å². The van der Waals surface area contributed by atoms with Gasteiger partial charge in [0, 0.05) is 24.6 Å². The summed E-state index contributed by atoms with van der Waals surface area (Å²) >= 11 is 2.76. The molecule has 23 heavy (non-hydrogen) atoms. The van der Waals surface area contributed by atoms with Gasteiger partial charge in [-0.3, -0.25) is 4.79 Å². The van der Waals surface area contributed by atoms with E-state index < -0.39 is 0 Å². The number of nitrogens with one attached hydrogen (secondary N) is 1. The van der Waals surface area contributed by atoms with Crippen molar-refractivity contribution in [2.24, 2.45) is 0 Å². The minimum atomic E-state index is -0.0141. The molecule has 0 atom stereocenters.